The van der Waals surface area contributed by atoms with Gasteiger partial charge in [0, 0.05) is 5.88 Å². The Morgan fingerprint density at radius 2 is 1.85 bits per heavy atom. The van der Waals surface area contributed by atoms with Gasteiger partial charge in [-0.2, -0.15) is 13.2 Å². The lowest BCUT2D eigenvalue weighted by Crippen LogP contribution is -2.29. The first kappa shape index (κ1) is 13.0. The van der Waals surface area contributed by atoms with Gasteiger partial charge in [-0.3, -0.25) is 0 Å². The monoisotopic (exact) mass is 220 g/mol. The van der Waals surface area contributed by atoms with Crippen LogP contribution in [0.1, 0.15) is 6.92 Å². The lowest BCUT2D eigenvalue weighted by molar-refractivity contribution is -0.216. The summed E-state index contributed by atoms with van der Waals surface area (Å²) in [4.78, 5) is 0. The molecule has 0 amide bonds. The fourth-order valence-electron chi connectivity index (χ4n) is 0.535. The van der Waals surface area contributed by atoms with Crippen molar-refractivity contribution in [1.82, 2.24) is 0 Å². The number of ether oxygens (including phenoxy) is 2. The van der Waals surface area contributed by atoms with Gasteiger partial charge in [-0.1, -0.05) is 0 Å². The SMILES string of the molecule is CC(OCCOCCCl)C(F)(F)F. The largest absolute Gasteiger partial charge is 0.414 e. The highest BCUT2D eigenvalue weighted by molar-refractivity contribution is 6.17. The summed E-state index contributed by atoms with van der Waals surface area (Å²) in [6.07, 6.45) is -6.04. The van der Waals surface area contributed by atoms with E-state index in [0.29, 0.717) is 12.5 Å². The third-order valence-electron chi connectivity index (χ3n) is 1.28. The van der Waals surface area contributed by atoms with Gasteiger partial charge >= 0.3 is 6.18 Å². The minimum Gasteiger partial charge on any atom is -0.378 e. The maximum Gasteiger partial charge on any atom is 0.414 e. The molecule has 0 radical (unpaired) electrons. The van der Waals surface area contributed by atoms with Crippen LogP contribution in [-0.2, 0) is 9.47 Å². The first-order valence-electron chi connectivity index (χ1n) is 3.80. The van der Waals surface area contributed by atoms with E-state index in [0.717, 1.165) is 6.92 Å². The predicted octanol–water partition coefficient (Wildman–Crippen LogP) is 2.21. The van der Waals surface area contributed by atoms with Gasteiger partial charge < -0.3 is 9.47 Å². The summed E-state index contributed by atoms with van der Waals surface area (Å²) in [5, 5.41) is 0. The number of rotatable bonds is 6. The van der Waals surface area contributed by atoms with Crippen molar-refractivity contribution in [3.63, 3.8) is 0 Å². The molecule has 0 aromatic rings. The first-order valence-corrected chi connectivity index (χ1v) is 4.34. The Bertz CT molecular complexity index is 129. The van der Waals surface area contributed by atoms with Crippen molar-refractivity contribution in [2.75, 3.05) is 25.7 Å². The molecule has 0 spiro atoms. The van der Waals surface area contributed by atoms with Crippen molar-refractivity contribution in [3.05, 3.63) is 0 Å². The van der Waals surface area contributed by atoms with Crippen molar-refractivity contribution in [3.8, 4) is 0 Å². The van der Waals surface area contributed by atoms with Crippen LogP contribution in [0.25, 0.3) is 0 Å². The normalized spacial score (nSPS) is 14.5. The highest BCUT2D eigenvalue weighted by Gasteiger charge is 2.36. The quantitative estimate of drug-likeness (QED) is 0.505. The Labute approximate surface area is 80.0 Å². The molecule has 0 bridgehead atoms. The second-order valence-corrected chi connectivity index (χ2v) is 2.73. The molecular weight excluding hydrogens is 209 g/mol. The van der Waals surface area contributed by atoms with Crippen LogP contribution in [0.15, 0.2) is 0 Å². The van der Waals surface area contributed by atoms with Crippen molar-refractivity contribution in [2.45, 2.75) is 19.2 Å². The lowest BCUT2D eigenvalue weighted by Gasteiger charge is -2.15. The van der Waals surface area contributed by atoms with Gasteiger partial charge in [-0.05, 0) is 6.92 Å². The van der Waals surface area contributed by atoms with Crippen LogP contribution in [0.2, 0.25) is 0 Å². The van der Waals surface area contributed by atoms with Crippen molar-refractivity contribution in [1.29, 1.82) is 0 Å². The Morgan fingerprint density at radius 1 is 1.23 bits per heavy atom. The Morgan fingerprint density at radius 3 is 2.31 bits per heavy atom. The molecule has 0 aliphatic carbocycles. The molecule has 0 fully saturated rings. The molecule has 0 aromatic heterocycles. The predicted molar refractivity (Wildman–Crippen MR) is 43.0 cm³/mol. The second-order valence-electron chi connectivity index (χ2n) is 2.36. The van der Waals surface area contributed by atoms with Gasteiger partial charge in [-0.25, -0.2) is 0 Å². The van der Waals surface area contributed by atoms with E-state index in [4.69, 9.17) is 16.3 Å². The number of hydrogen-bond acceptors (Lipinski definition) is 2. The van der Waals surface area contributed by atoms with E-state index in [2.05, 4.69) is 4.74 Å². The number of hydrogen-bond donors (Lipinski definition) is 0. The molecule has 0 N–H and O–H groups in total. The summed E-state index contributed by atoms with van der Waals surface area (Å²) in [6, 6.07) is 0. The van der Waals surface area contributed by atoms with Crippen LogP contribution >= 0.6 is 11.6 Å². The summed E-state index contributed by atoms with van der Waals surface area (Å²) in [6.45, 7) is 1.34. The Hall–Kier alpha value is -0.0000000000000000555. The smallest absolute Gasteiger partial charge is 0.378 e. The van der Waals surface area contributed by atoms with Gasteiger partial charge in [0.15, 0.2) is 6.10 Å². The molecule has 13 heavy (non-hydrogen) atoms. The fourth-order valence-corrected chi connectivity index (χ4v) is 0.644. The molecule has 0 heterocycles. The van der Waals surface area contributed by atoms with Gasteiger partial charge in [0.2, 0.25) is 0 Å². The van der Waals surface area contributed by atoms with E-state index in [1.807, 2.05) is 0 Å². The van der Waals surface area contributed by atoms with Crippen LogP contribution in [0.3, 0.4) is 0 Å². The zero-order chi connectivity index (χ0) is 10.3. The topological polar surface area (TPSA) is 18.5 Å². The average molecular weight is 221 g/mol. The Balaban J connectivity index is 3.32. The van der Waals surface area contributed by atoms with Crippen LogP contribution < -0.4 is 0 Å². The second kappa shape index (κ2) is 6.45. The third-order valence-corrected chi connectivity index (χ3v) is 1.43. The fraction of sp³-hybridized carbons (Fsp3) is 1.00. The van der Waals surface area contributed by atoms with Gasteiger partial charge in [0.05, 0.1) is 19.8 Å². The molecular formula is C7H12ClF3O2. The van der Waals surface area contributed by atoms with E-state index in [1.165, 1.54) is 0 Å². The molecule has 80 valence electrons. The minimum absolute atomic E-state index is 0.0719. The van der Waals surface area contributed by atoms with Crippen molar-refractivity contribution < 1.29 is 22.6 Å². The van der Waals surface area contributed by atoms with E-state index in [1.54, 1.807) is 0 Å². The first-order chi connectivity index (χ1) is 5.98. The minimum atomic E-state index is -4.30. The summed E-state index contributed by atoms with van der Waals surface area (Å²) >= 11 is 5.27. The molecule has 0 aliphatic heterocycles. The highest BCUT2D eigenvalue weighted by atomic mass is 35.5. The van der Waals surface area contributed by atoms with Crippen LogP contribution in [0.4, 0.5) is 13.2 Å². The van der Waals surface area contributed by atoms with Crippen molar-refractivity contribution in [2.24, 2.45) is 0 Å². The molecule has 0 aliphatic rings. The summed E-state index contributed by atoms with van der Waals surface area (Å²) in [5.41, 5.74) is 0. The van der Waals surface area contributed by atoms with E-state index >= 15 is 0 Å². The average Bonchev–Trinajstić information content (AvgIpc) is 2.02. The highest BCUT2D eigenvalue weighted by Crippen LogP contribution is 2.21. The van der Waals surface area contributed by atoms with Crippen molar-refractivity contribution >= 4 is 11.6 Å². The maximum absolute atomic E-state index is 11.8. The zero-order valence-electron chi connectivity index (χ0n) is 7.23. The molecule has 0 aromatic carbocycles. The summed E-state index contributed by atoms with van der Waals surface area (Å²) in [7, 11) is 0. The molecule has 1 atom stereocenters. The standard InChI is InChI=1S/C7H12ClF3O2/c1-6(7(9,10)11)13-5-4-12-3-2-8/h6H,2-5H2,1H3. The van der Waals surface area contributed by atoms with Gasteiger partial charge in [0.1, 0.15) is 0 Å². The van der Waals surface area contributed by atoms with Crippen LogP contribution in [0.5, 0.6) is 0 Å². The van der Waals surface area contributed by atoms with E-state index in [-0.39, 0.29) is 13.2 Å². The van der Waals surface area contributed by atoms with Gasteiger partial charge in [0.25, 0.3) is 0 Å². The number of halogens is 4. The van der Waals surface area contributed by atoms with E-state index < -0.39 is 12.3 Å². The number of alkyl halides is 4. The summed E-state index contributed by atoms with van der Waals surface area (Å²) in [5.74, 6) is 0.328. The third kappa shape index (κ3) is 7.10. The van der Waals surface area contributed by atoms with Gasteiger partial charge in [-0.15, -0.1) is 11.6 Å². The maximum atomic E-state index is 11.8. The Kier molecular flexibility index (Phi) is 6.45. The molecule has 1 unspecified atom stereocenters. The van der Waals surface area contributed by atoms with Crippen LogP contribution in [-0.4, -0.2) is 38.0 Å². The molecule has 6 heteroatoms. The lowest BCUT2D eigenvalue weighted by atomic mass is 10.4. The molecule has 0 saturated heterocycles. The van der Waals surface area contributed by atoms with Crippen LogP contribution in [0, 0.1) is 0 Å². The van der Waals surface area contributed by atoms with E-state index in [9.17, 15) is 13.2 Å². The molecule has 2 nitrogen and oxygen atoms in total. The molecule has 0 saturated carbocycles. The molecule has 0 rings (SSSR count). The summed E-state index contributed by atoms with van der Waals surface area (Å²) < 4.78 is 44.8. The zero-order valence-corrected chi connectivity index (χ0v) is 7.99.